The fourth-order valence-corrected chi connectivity index (χ4v) is 8.31. The highest BCUT2D eigenvalue weighted by Gasteiger charge is 2.45. The Hall–Kier alpha value is -3.20. The summed E-state index contributed by atoms with van der Waals surface area (Å²) in [6.45, 7) is 0. The number of nitro benzene ring substituents is 1. The van der Waals surface area contributed by atoms with E-state index in [2.05, 4.69) is 77.7 Å². The Balaban J connectivity index is 0.00000306. The number of non-ortho nitro benzene ring substituents is 1. The smallest absolute Gasteiger partial charge is 0.269 e. The van der Waals surface area contributed by atoms with Gasteiger partial charge < -0.3 is 17.3 Å². The van der Waals surface area contributed by atoms with E-state index < -0.39 is 7.26 Å². The zero-order valence-corrected chi connectivity index (χ0v) is 20.3. The molecule has 0 spiro atoms. The van der Waals surface area contributed by atoms with Crippen molar-refractivity contribution in [1.29, 1.82) is 0 Å². The van der Waals surface area contributed by atoms with Crippen molar-refractivity contribution >= 4 is 34.6 Å². The first-order chi connectivity index (χ1) is 15.5. The van der Waals surface area contributed by atoms with E-state index in [9.17, 15) is 10.1 Å². The van der Waals surface area contributed by atoms with Gasteiger partial charge in [0.25, 0.3) is 5.69 Å². The van der Waals surface area contributed by atoms with Gasteiger partial charge in [0.15, 0.2) is 0 Å². The summed E-state index contributed by atoms with van der Waals surface area (Å²) in [5, 5.41) is 15.0. The molecule has 0 saturated carbocycles. The van der Waals surface area contributed by atoms with Crippen LogP contribution in [0.2, 0.25) is 0 Å². The predicted octanol–water partition coefficient (Wildman–Crippen LogP) is 2.16. The van der Waals surface area contributed by atoms with Crippen LogP contribution in [0.15, 0.2) is 109 Å². The number of hydrogen-bond donors (Lipinski definition) is 0. The molecule has 0 aliphatic rings. The molecule has 0 unspecified atom stereocenters. The van der Waals surface area contributed by atoms with Crippen molar-refractivity contribution < 1.29 is 17.3 Å². The monoisotopic (exact) mass is 476 g/mol. The fraction of sp³-hybridized carbons (Fsp3) is 0.111. The van der Waals surface area contributed by atoms with Crippen LogP contribution in [0.5, 0.6) is 0 Å². The molecule has 0 saturated heterocycles. The van der Waals surface area contributed by atoms with Crippen LogP contribution in [0.25, 0.3) is 0 Å². The highest BCUT2D eigenvalue weighted by atomic mass is 35.5. The van der Waals surface area contributed by atoms with Gasteiger partial charge in [0.1, 0.15) is 23.2 Å². The molecule has 4 aromatic carbocycles. The fourth-order valence-electron chi connectivity index (χ4n) is 4.09. The average Bonchev–Trinajstić information content (AvgIpc) is 2.84. The van der Waals surface area contributed by atoms with Crippen molar-refractivity contribution in [2.45, 2.75) is 6.16 Å². The molecule has 0 bridgehead atoms. The summed E-state index contributed by atoms with van der Waals surface area (Å²) in [6.07, 6.45) is 0.792. The number of hydrogen-bond acceptors (Lipinski definition) is 3. The lowest BCUT2D eigenvalue weighted by Crippen LogP contribution is -3.00. The quantitative estimate of drug-likeness (QED) is 0.233. The van der Waals surface area contributed by atoms with E-state index in [0.717, 1.165) is 17.4 Å². The molecule has 168 valence electrons. The number of rotatable bonds is 7. The average molecular weight is 477 g/mol. The second-order valence-electron chi connectivity index (χ2n) is 7.97. The van der Waals surface area contributed by atoms with Crippen molar-refractivity contribution in [2.75, 3.05) is 19.0 Å². The molecule has 4 aromatic rings. The van der Waals surface area contributed by atoms with Crippen LogP contribution in [-0.4, -0.2) is 19.0 Å². The van der Waals surface area contributed by atoms with Crippen molar-refractivity contribution in [3.8, 4) is 0 Å². The molecule has 0 radical (unpaired) electrons. The van der Waals surface area contributed by atoms with Crippen LogP contribution in [0, 0.1) is 10.1 Å². The summed E-state index contributed by atoms with van der Waals surface area (Å²) in [5.74, 6) is 0. The zero-order chi connectivity index (χ0) is 22.6. The Bertz CT molecular complexity index is 1140. The molecule has 0 aromatic heterocycles. The Morgan fingerprint density at radius 2 is 1.15 bits per heavy atom. The molecule has 33 heavy (non-hydrogen) atoms. The van der Waals surface area contributed by atoms with Crippen molar-refractivity contribution in [3.05, 3.63) is 125 Å². The number of anilines is 1. The van der Waals surface area contributed by atoms with Crippen LogP contribution in [0.3, 0.4) is 0 Å². The topological polar surface area (TPSA) is 46.4 Å². The summed E-state index contributed by atoms with van der Waals surface area (Å²) in [6, 6.07) is 37.2. The summed E-state index contributed by atoms with van der Waals surface area (Å²) in [4.78, 5) is 12.9. The molecule has 4 rings (SSSR count). The highest BCUT2D eigenvalue weighted by Crippen LogP contribution is 2.58. The van der Waals surface area contributed by atoms with Crippen molar-refractivity contribution in [3.63, 3.8) is 0 Å². The van der Waals surface area contributed by atoms with Crippen molar-refractivity contribution in [1.82, 2.24) is 0 Å². The molecular formula is C27H26ClN2O2P. The van der Waals surface area contributed by atoms with E-state index in [-0.39, 0.29) is 23.0 Å². The molecular weight excluding hydrogens is 451 g/mol. The van der Waals surface area contributed by atoms with Gasteiger partial charge in [0, 0.05) is 31.9 Å². The predicted molar refractivity (Wildman–Crippen MR) is 136 cm³/mol. The van der Waals surface area contributed by atoms with Gasteiger partial charge in [-0.1, -0.05) is 36.4 Å². The van der Waals surface area contributed by atoms with Crippen LogP contribution < -0.4 is 33.2 Å². The minimum atomic E-state index is -2.05. The summed E-state index contributed by atoms with van der Waals surface area (Å²) >= 11 is 0. The third kappa shape index (κ3) is 5.08. The van der Waals surface area contributed by atoms with Gasteiger partial charge in [-0.2, -0.15) is 0 Å². The molecule has 0 aliphatic carbocycles. The first-order valence-electron chi connectivity index (χ1n) is 10.5. The second kappa shape index (κ2) is 10.6. The summed E-state index contributed by atoms with van der Waals surface area (Å²) in [7, 11) is 2.04. The summed E-state index contributed by atoms with van der Waals surface area (Å²) < 4.78 is 0. The first-order valence-corrected chi connectivity index (χ1v) is 12.5. The SMILES string of the molecule is CN(C)c1ccc([P+](Cc2ccc([N+](=O)[O-])cc2)(c2ccccc2)c2ccccc2)cc1.[Cl-]. The van der Waals surface area contributed by atoms with Crippen molar-refractivity contribution in [2.24, 2.45) is 0 Å². The van der Waals surface area contributed by atoms with Crippen LogP contribution >= 0.6 is 7.26 Å². The van der Waals surface area contributed by atoms with E-state index in [1.54, 1.807) is 12.1 Å². The van der Waals surface area contributed by atoms with Gasteiger partial charge in [-0.05, 0) is 66.2 Å². The number of halogens is 1. The molecule has 6 heteroatoms. The Morgan fingerprint density at radius 3 is 1.58 bits per heavy atom. The maximum atomic E-state index is 11.2. The maximum absolute atomic E-state index is 11.2. The zero-order valence-electron chi connectivity index (χ0n) is 18.6. The number of benzene rings is 4. The van der Waals surface area contributed by atoms with E-state index >= 15 is 0 Å². The largest absolute Gasteiger partial charge is 1.00 e. The van der Waals surface area contributed by atoms with Gasteiger partial charge >= 0.3 is 0 Å². The van der Waals surface area contributed by atoms with E-state index in [4.69, 9.17) is 0 Å². The van der Waals surface area contributed by atoms with Gasteiger partial charge in [-0.3, -0.25) is 10.1 Å². The molecule has 4 nitrogen and oxygen atoms in total. The van der Waals surface area contributed by atoms with Crippen LogP contribution in [0.1, 0.15) is 5.56 Å². The minimum absolute atomic E-state index is 0. The van der Waals surface area contributed by atoms with E-state index in [1.165, 1.54) is 15.9 Å². The van der Waals surface area contributed by atoms with Gasteiger partial charge in [-0.15, -0.1) is 0 Å². The van der Waals surface area contributed by atoms with E-state index in [0.29, 0.717) is 0 Å². The molecule has 0 aliphatic heterocycles. The van der Waals surface area contributed by atoms with E-state index in [1.807, 2.05) is 38.4 Å². The summed E-state index contributed by atoms with van der Waals surface area (Å²) in [5.41, 5.74) is 2.36. The Labute approximate surface area is 201 Å². The van der Waals surface area contributed by atoms with Gasteiger partial charge in [0.05, 0.1) is 11.1 Å². The maximum Gasteiger partial charge on any atom is 0.269 e. The molecule has 0 atom stereocenters. The van der Waals surface area contributed by atoms with Crippen LogP contribution in [-0.2, 0) is 6.16 Å². The normalized spacial score (nSPS) is 10.8. The molecule has 0 N–H and O–H groups in total. The highest BCUT2D eigenvalue weighted by molar-refractivity contribution is 7.95. The minimum Gasteiger partial charge on any atom is -1.00 e. The Morgan fingerprint density at radius 1 is 0.697 bits per heavy atom. The third-order valence-electron chi connectivity index (χ3n) is 5.77. The number of nitrogens with zero attached hydrogens (tertiary/aromatic N) is 2. The lowest BCUT2D eigenvalue weighted by Gasteiger charge is -2.28. The van der Waals surface area contributed by atoms with Crippen LogP contribution in [0.4, 0.5) is 11.4 Å². The lowest BCUT2D eigenvalue weighted by atomic mass is 10.2. The third-order valence-corrected chi connectivity index (χ3v) is 10.1. The molecule has 0 fully saturated rings. The van der Waals surface area contributed by atoms with Gasteiger partial charge in [0.2, 0.25) is 0 Å². The van der Waals surface area contributed by atoms with Gasteiger partial charge in [-0.25, -0.2) is 0 Å². The molecule has 0 amide bonds. The number of nitro groups is 1. The first kappa shape index (κ1) is 24.4. The Kier molecular flexibility index (Phi) is 7.86. The standard InChI is InChI=1S/C27H26N2O2P.ClH/c1-28(2)23-17-19-27(20-18-23)32(25-9-5-3-6-10-25,26-11-7-4-8-12-26)21-22-13-15-24(16-14-22)29(30)31;/h3-20H,21H2,1-2H3;1H/q+1;/p-1. The lowest BCUT2D eigenvalue weighted by molar-refractivity contribution is -0.384. The second-order valence-corrected chi connectivity index (χ2v) is 11.5. The molecule has 0 heterocycles.